The Hall–Kier alpha value is -2.00. The summed E-state index contributed by atoms with van der Waals surface area (Å²) in [7, 11) is 0. The van der Waals surface area contributed by atoms with E-state index in [1.54, 1.807) is 30.5 Å². The van der Waals surface area contributed by atoms with E-state index in [2.05, 4.69) is 10.3 Å². The van der Waals surface area contributed by atoms with Crippen LogP contribution in [-0.2, 0) is 16.0 Å². The maximum absolute atomic E-state index is 11.4. The molecular formula is C13H15N3O4S. The largest absolute Gasteiger partial charge is 0.595 e. The summed E-state index contributed by atoms with van der Waals surface area (Å²) >= 11 is 1.30. The van der Waals surface area contributed by atoms with Crippen molar-refractivity contribution in [2.75, 3.05) is 11.9 Å². The smallest absolute Gasteiger partial charge is 0.311 e. The molecule has 1 aromatic carbocycles. The maximum Gasteiger partial charge on any atom is 0.311 e. The van der Waals surface area contributed by atoms with Gasteiger partial charge in [-0.1, -0.05) is 12.1 Å². The van der Waals surface area contributed by atoms with Crippen LogP contribution >= 0.6 is 11.3 Å². The minimum Gasteiger partial charge on any atom is -0.595 e. The Kier molecular flexibility index (Phi) is 5.23. The molecule has 112 valence electrons. The average molecular weight is 309 g/mol. The van der Waals surface area contributed by atoms with Crippen molar-refractivity contribution in [1.29, 1.82) is 0 Å². The number of quaternary nitrogens is 1. The van der Waals surface area contributed by atoms with E-state index in [1.807, 2.05) is 0 Å². The second-order valence-corrected chi connectivity index (χ2v) is 4.96. The van der Waals surface area contributed by atoms with Gasteiger partial charge in [0.25, 0.3) is 0 Å². The Morgan fingerprint density at radius 2 is 2.29 bits per heavy atom. The first-order chi connectivity index (χ1) is 10.1. The highest BCUT2D eigenvalue weighted by atomic mass is 32.1. The Labute approximate surface area is 125 Å². The molecule has 3 N–H and O–H groups in total. The van der Waals surface area contributed by atoms with Crippen molar-refractivity contribution >= 4 is 33.8 Å². The molecule has 0 aliphatic heterocycles. The van der Waals surface area contributed by atoms with Gasteiger partial charge < -0.3 is 15.3 Å². The number of para-hydroxylation sites is 2. The van der Waals surface area contributed by atoms with E-state index in [1.165, 1.54) is 17.4 Å². The first kappa shape index (κ1) is 15.4. The fourth-order valence-corrected chi connectivity index (χ4v) is 2.42. The van der Waals surface area contributed by atoms with Crippen LogP contribution in [0.4, 0.5) is 16.5 Å². The highest BCUT2D eigenvalue weighted by Gasteiger charge is 2.12. The third-order valence-corrected chi connectivity index (χ3v) is 3.39. The molecule has 1 aromatic heterocycles. The van der Waals surface area contributed by atoms with E-state index in [-0.39, 0.29) is 18.1 Å². The number of benzene rings is 1. The lowest BCUT2D eigenvalue weighted by atomic mass is 10.3. The van der Waals surface area contributed by atoms with Crippen LogP contribution in [0.5, 0.6) is 0 Å². The van der Waals surface area contributed by atoms with Crippen LogP contribution in [0.15, 0.2) is 29.6 Å². The second-order valence-electron chi connectivity index (χ2n) is 4.10. The molecule has 1 heterocycles. The number of rotatable bonds is 6. The number of esters is 1. The van der Waals surface area contributed by atoms with E-state index in [0.29, 0.717) is 23.1 Å². The van der Waals surface area contributed by atoms with Crippen molar-refractivity contribution in [3.05, 3.63) is 40.5 Å². The number of carbonyl (C=O) groups excluding carboxylic acids is 1. The predicted octanol–water partition coefficient (Wildman–Crippen LogP) is 1.40. The molecule has 0 spiro atoms. The topological polar surface area (TPSA) is 99.0 Å². The fourth-order valence-electron chi connectivity index (χ4n) is 1.70. The predicted molar refractivity (Wildman–Crippen MR) is 78.0 cm³/mol. The summed E-state index contributed by atoms with van der Waals surface area (Å²) in [5, 5.41) is 24.4. The van der Waals surface area contributed by atoms with Gasteiger partial charge in [-0.2, -0.15) is 5.23 Å². The quantitative estimate of drug-likeness (QED) is 0.551. The van der Waals surface area contributed by atoms with Crippen molar-refractivity contribution in [3.63, 3.8) is 0 Å². The molecule has 21 heavy (non-hydrogen) atoms. The third kappa shape index (κ3) is 4.23. The standard InChI is InChI=1S/C13H15N3O4S/c1-2-20-12(17)7-9-8-21-13(14-9)15-10-5-3-4-6-11(10)16(18)19/h3-6,8,16,18H,2,7H2,1H3,(H,14,15). The van der Waals surface area contributed by atoms with Crippen molar-refractivity contribution in [1.82, 2.24) is 4.98 Å². The lowest BCUT2D eigenvalue weighted by molar-refractivity contribution is -0.990. The zero-order valence-corrected chi connectivity index (χ0v) is 12.1. The van der Waals surface area contributed by atoms with E-state index in [4.69, 9.17) is 9.94 Å². The van der Waals surface area contributed by atoms with Crippen LogP contribution in [0.2, 0.25) is 0 Å². The number of hydrogen-bond donors (Lipinski definition) is 3. The molecular weight excluding hydrogens is 294 g/mol. The monoisotopic (exact) mass is 309 g/mol. The highest BCUT2D eigenvalue weighted by molar-refractivity contribution is 7.13. The molecule has 0 aliphatic carbocycles. The molecule has 2 rings (SSSR count). The number of anilines is 2. The number of nitrogens with zero attached hydrogens (tertiary/aromatic N) is 1. The van der Waals surface area contributed by atoms with Gasteiger partial charge in [0.15, 0.2) is 10.8 Å². The normalized spacial score (nSPS) is 12.0. The van der Waals surface area contributed by atoms with Gasteiger partial charge in [-0.05, 0) is 13.0 Å². The SMILES string of the molecule is CCOC(=O)Cc1csc(Nc2ccccc2[NH+]([O-])O)n1. The van der Waals surface area contributed by atoms with E-state index < -0.39 is 5.23 Å². The minimum absolute atomic E-state index is 0.104. The summed E-state index contributed by atoms with van der Waals surface area (Å²) in [5.74, 6) is -0.333. The van der Waals surface area contributed by atoms with Crippen LogP contribution in [0.3, 0.4) is 0 Å². The summed E-state index contributed by atoms with van der Waals surface area (Å²) in [6.07, 6.45) is 0.104. The van der Waals surface area contributed by atoms with Crippen LogP contribution < -0.4 is 10.5 Å². The zero-order valence-electron chi connectivity index (χ0n) is 11.3. The van der Waals surface area contributed by atoms with Crippen molar-refractivity contribution < 1.29 is 20.0 Å². The molecule has 7 nitrogen and oxygen atoms in total. The molecule has 0 aliphatic rings. The zero-order chi connectivity index (χ0) is 15.2. The van der Waals surface area contributed by atoms with Crippen LogP contribution in [0.25, 0.3) is 0 Å². The van der Waals surface area contributed by atoms with Crippen molar-refractivity contribution in [2.24, 2.45) is 0 Å². The maximum atomic E-state index is 11.4. The summed E-state index contributed by atoms with van der Waals surface area (Å²) in [4.78, 5) is 15.6. The lowest BCUT2D eigenvalue weighted by Gasteiger charge is -2.15. The van der Waals surface area contributed by atoms with Crippen molar-refractivity contribution in [3.8, 4) is 0 Å². The number of ether oxygens (including phenoxy) is 1. The molecule has 0 saturated carbocycles. The molecule has 0 amide bonds. The van der Waals surface area contributed by atoms with Crippen LogP contribution in [0, 0.1) is 5.21 Å². The van der Waals surface area contributed by atoms with E-state index in [0.717, 1.165) is 0 Å². The Morgan fingerprint density at radius 3 is 3.00 bits per heavy atom. The minimum atomic E-state index is -1.01. The fraction of sp³-hybridized carbons (Fsp3) is 0.231. The molecule has 1 unspecified atom stereocenters. The summed E-state index contributed by atoms with van der Waals surface area (Å²) < 4.78 is 4.85. The Balaban J connectivity index is 2.08. The molecule has 0 radical (unpaired) electrons. The molecule has 8 heteroatoms. The van der Waals surface area contributed by atoms with E-state index >= 15 is 0 Å². The molecule has 0 bridgehead atoms. The van der Waals surface area contributed by atoms with Gasteiger partial charge >= 0.3 is 5.97 Å². The average Bonchev–Trinajstić information content (AvgIpc) is 2.86. The third-order valence-electron chi connectivity index (χ3n) is 2.58. The Morgan fingerprint density at radius 1 is 1.52 bits per heavy atom. The molecule has 1 atom stereocenters. The van der Waals surface area contributed by atoms with Crippen LogP contribution in [-0.4, -0.2) is 22.8 Å². The second kappa shape index (κ2) is 7.14. The van der Waals surface area contributed by atoms with Gasteiger partial charge in [-0.25, -0.2) is 10.2 Å². The van der Waals surface area contributed by atoms with Gasteiger partial charge in [-0.15, -0.1) is 11.3 Å². The van der Waals surface area contributed by atoms with Gasteiger partial charge in [0.2, 0.25) is 0 Å². The van der Waals surface area contributed by atoms with Gasteiger partial charge in [0, 0.05) is 11.4 Å². The number of hydrogen-bond acceptors (Lipinski definition) is 7. The van der Waals surface area contributed by atoms with Crippen molar-refractivity contribution in [2.45, 2.75) is 13.3 Å². The lowest BCUT2D eigenvalue weighted by Crippen LogP contribution is -2.99. The highest BCUT2D eigenvalue weighted by Crippen LogP contribution is 2.25. The Bertz CT molecular complexity index is 615. The molecule has 0 fully saturated rings. The number of thiazole rings is 1. The van der Waals surface area contributed by atoms with Crippen LogP contribution in [0.1, 0.15) is 12.6 Å². The van der Waals surface area contributed by atoms with Gasteiger partial charge in [-0.3, -0.25) is 4.79 Å². The first-order valence-electron chi connectivity index (χ1n) is 6.29. The van der Waals surface area contributed by atoms with Gasteiger partial charge in [0.05, 0.1) is 18.7 Å². The van der Waals surface area contributed by atoms with E-state index in [9.17, 15) is 10.0 Å². The number of carbonyl (C=O) groups is 1. The number of nitrogens with one attached hydrogen (secondary N) is 2. The first-order valence-corrected chi connectivity index (χ1v) is 7.17. The van der Waals surface area contributed by atoms with Gasteiger partial charge in [0.1, 0.15) is 5.69 Å². The summed E-state index contributed by atoms with van der Waals surface area (Å²) in [6.45, 7) is 2.08. The summed E-state index contributed by atoms with van der Waals surface area (Å²) in [6, 6.07) is 6.57. The molecule has 2 aromatic rings. The molecule has 0 saturated heterocycles. The summed E-state index contributed by atoms with van der Waals surface area (Å²) in [5.41, 5.74) is 1.22. The number of aromatic nitrogens is 1.